The second kappa shape index (κ2) is 10.3. The maximum atomic E-state index is 12.4. The highest BCUT2D eigenvalue weighted by Crippen LogP contribution is 2.25. The lowest BCUT2D eigenvalue weighted by molar-refractivity contribution is -0.244. The van der Waals surface area contributed by atoms with E-state index in [4.69, 9.17) is 9.47 Å². The number of carbonyl (C=O) groups excluding carboxylic acids is 2. The average molecular weight is 427 g/mol. The van der Waals surface area contributed by atoms with E-state index >= 15 is 0 Å². The zero-order chi connectivity index (χ0) is 22.4. The summed E-state index contributed by atoms with van der Waals surface area (Å²) in [5.74, 6) is -0.300. The van der Waals surface area contributed by atoms with Crippen LogP contribution in [0.1, 0.15) is 22.8 Å². The van der Waals surface area contributed by atoms with Crippen molar-refractivity contribution in [2.75, 3.05) is 6.61 Å². The number of aliphatic hydroxyl groups is 3. The van der Waals surface area contributed by atoms with Crippen LogP contribution >= 0.6 is 0 Å². The number of carbonyl (C=O) groups is 2. The lowest BCUT2D eigenvalue weighted by atomic mass is 9.97. The minimum atomic E-state index is -1.40. The molecule has 1 fully saturated rings. The summed E-state index contributed by atoms with van der Waals surface area (Å²) in [6, 6.07) is 14.7. The Hall–Kier alpha value is -3.04. The molecule has 1 amide bonds. The Bertz CT molecular complexity index is 913. The highest BCUT2D eigenvalue weighted by Gasteiger charge is 2.46. The molecule has 1 aliphatic rings. The third-order valence-corrected chi connectivity index (χ3v) is 4.87. The van der Waals surface area contributed by atoms with Gasteiger partial charge in [0.25, 0.3) is 0 Å². The second-order valence-corrected chi connectivity index (χ2v) is 7.18. The summed E-state index contributed by atoms with van der Waals surface area (Å²) in [5.41, 5.74) is 1.36. The van der Waals surface area contributed by atoms with Crippen LogP contribution in [0.4, 0.5) is 0 Å². The quantitative estimate of drug-likeness (QED) is 0.382. The Morgan fingerprint density at radius 3 is 2.35 bits per heavy atom. The van der Waals surface area contributed by atoms with E-state index in [9.17, 15) is 24.9 Å². The van der Waals surface area contributed by atoms with Gasteiger partial charge in [0.05, 0.1) is 6.61 Å². The standard InChI is InChI=1S/C23H25NO7/c1-14(26)24-20-22(29)21(28)19(13-25)31-23(20)30-17-10-8-16(9-11-17)18(27)12-7-15-5-3-2-4-6-15/h2-12,19-23,25,28-29H,13H2,1H3,(H,24,26)/b12-7+/t19-,20+,21-,22-,23-/m1/s1. The molecule has 2 aromatic rings. The zero-order valence-electron chi connectivity index (χ0n) is 16.9. The summed E-state index contributed by atoms with van der Waals surface area (Å²) in [5, 5.41) is 32.2. The van der Waals surface area contributed by atoms with Crippen molar-refractivity contribution in [1.82, 2.24) is 5.32 Å². The molecule has 0 spiro atoms. The number of hydrogen-bond donors (Lipinski definition) is 4. The Kier molecular flexibility index (Phi) is 7.54. The van der Waals surface area contributed by atoms with E-state index in [2.05, 4.69) is 5.32 Å². The predicted octanol–water partition coefficient (Wildman–Crippen LogP) is 0.905. The van der Waals surface area contributed by atoms with Crippen molar-refractivity contribution in [3.63, 3.8) is 0 Å². The van der Waals surface area contributed by atoms with Crippen molar-refractivity contribution < 1.29 is 34.4 Å². The Labute approximate surface area is 179 Å². The fraction of sp³-hybridized carbons (Fsp3) is 0.304. The maximum absolute atomic E-state index is 12.4. The molecule has 8 nitrogen and oxygen atoms in total. The van der Waals surface area contributed by atoms with Crippen molar-refractivity contribution in [2.24, 2.45) is 0 Å². The number of aliphatic hydroxyl groups excluding tert-OH is 3. The third-order valence-electron chi connectivity index (χ3n) is 4.87. The summed E-state index contributed by atoms with van der Waals surface area (Å²) in [7, 11) is 0. The van der Waals surface area contributed by atoms with Gasteiger partial charge in [-0.2, -0.15) is 0 Å². The van der Waals surface area contributed by atoms with Crippen molar-refractivity contribution in [2.45, 2.75) is 37.6 Å². The first-order chi connectivity index (χ1) is 14.9. The van der Waals surface area contributed by atoms with Crippen LogP contribution in [0.2, 0.25) is 0 Å². The smallest absolute Gasteiger partial charge is 0.223 e. The Balaban J connectivity index is 1.70. The van der Waals surface area contributed by atoms with E-state index < -0.39 is 43.2 Å². The molecule has 164 valence electrons. The molecule has 1 saturated heterocycles. The molecule has 0 radical (unpaired) electrons. The molecule has 1 aliphatic heterocycles. The molecule has 2 aromatic carbocycles. The molecular formula is C23H25NO7. The van der Waals surface area contributed by atoms with Crippen LogP contribution in [0, 0.1) is 0 Å². The molecule has 31 heavy (non-hydrogen) atoms. The van der Waals surface area contributed by atoms with Gasteiger partial charge in [0.1, 0.15) is 30.1 Å². The highest BCUT2D eigenvalue weighted by atomic mass is 16.7. The first kappa shape index (κ1) is 22.6. The monoisotopic (exact) mass is 427 g/mol. The highest BCUT2D eigenvalue weighted by molar-refractivity contribution is 6.06. The van der Waals surface area contributed by atoms with Crippen LogP contribution < -0.4 is 10.1 Å². The van der Waals surface area contributed by atoms with Crippen molar-refractivity contribution in [3.8, 4) is 5.75 Å². The van der Waals surface area contributed by atoms with Gasteiger partial charge in [-0.3, -0.25) is 9.59 Å². The molecule has 3 rings (SSSR count). The van der Waals surface area contributed by atoms with Gasteiger partial charge in [0.15, 0.2) is 5.78 Å². The van der Waals surface area contributed by atoms with Gasteiger partial charge in [-0.1, -0.05) is 36.4 Å². The van der Waals surface area contributed by atoms with Crippen molar-refractivity contribution in [3.05, 3.63) is 71.8 Å². The van der Waals surface area contributed by atoms with Crippen LogP contribution in [0.15, 0.2) is 60.7 Å². The fourth-order valence-corrected chi connectivity index (χ4v) is 3.24. The van der Waals surface area contributed by atoms with E-state index in [1.165, 1.54) is 13.0 Å². The second-order valence-electron chi connectivity index (χ2n) is 7.18. The molecule has 0 bridgehead atoms. The van der Waals surface area contributed by atoms with Crippen LogP contribution in [-0.2, 0) is 9.53 Å². The number of amides is 1. The number of ether oxygens (including phenoxy) is 2. The van der Waals surface area contributed by atoms with Gasteiger partial charge in [-0.25, -0.2) is 0 Å². The fourth-order valence-electron chi connectivity index (χ4n) is 3.24. The summed E-state index contributed by atoms with van der Waals surface area (Å²) < 4.78 is 11.3. The molecule has 8 heteroatoms. The van der Waals surface area contributed by atoms with Gasteiger partial charge in [0, 0.05) is 12.5 Å². The molecule has 1 heterocycles. The third kappa shape index (κ3) is 5.77. The van der Waals surface area contributed by atoms with Crippen LogP contribution in [0.5, 0.6) is 5.75 Å². The summed E-state index contributed by atoms with van der Waals surface area (Å²) in [6.45, 7) is 0.726. The molecule has 0 aromatic heterocycles. The van der Waals surface area contributed by atoms with E-state index in [1.54, 1.807) is 30.3 Å². The van der Waals surface area contributed by atoms with Crippen LogP contribution in [0.3, 0.4) is 0 Å². The largest absolute Gasteiger partial charge is 0.463 e. The Morgan fingerprint density at radius 1 is 1.06 bits per heavy atom. The van der Waals surface area contributed by atoms with Crippen molar-refractivity contribution >= 4 is 17.8 Å². The van der Waals surface area contributed by atoms with Gasteiger partial charge >= 0.3 is 0 Å². The van der Waals surface area contributed by atoms with E-state index in [0.717, 1.165) is 5.56 Å². The number of nitrogens with one attached hydrogen (secondary N) is 1. The molecule has 0 saturated carbocycles. The van der Waals surface area contributed by atoms with E-state index in [1.807, 2.05) is 30.3 Å². The molecule has 0 unspecified atom stereocenters. The minimum absolute atomic E-state index is 0.181. The normalized spacial score (nSPS) is 25.9. The number of ketones is 1. The minimum Gasteiger partial charge on any atom is -0.463 e. The maximum Gasteiger partial charge on any atom is 0.223 e. The predicted molar refractivity (Wildman–Crippen MR) is 112 cm³/mol. The van der Waals surface area contributed by atoms with Crippen LogP contribution in [0.25, 0.3) is 6.08 Å². The van der Waals surface area contributed by atoms with Gasteiger partial charge in [-0.05, 0) is 35.9 Å². The van der Waals surface area contributed by atoms with Gasteiger partial charge in [0.2, 0.25) is 12.2 Å². The summed E-state index contributed by atoms with van der Waals surface area (Å²) >= 11 is 0. The SMILES string of the molecule is CC(=O)N[C@@H]1[C@H](Oc2ccc(C(=O)/C=C/c3ccccc3)cc2)O[C@H](CO)[C@@H](O)[C@@H]1O. The topological polar surface area (TPSA) is 125 Å². The number of hydrogen-bond acceptors (Lipinski definition) is 7. The van der Waals surface area contributed by atoms with E-state index in [-0.39, 0.29) is 5.78 Å². The molecule has 5 atom stereocenters. The lowest BCUT2D eigenvalue weighted by Crippen LogP contribution is -2.65. The Morgan fingerprint density at radius 2 is 1.74 bits per heavy atom. The van der Waals surface area contributed by atoms with E-state index in [0.29, 0.717) is 11.3 Å². The first-order valence-corrected chi connectivity index (χ1v) is 9.83. The number of rotatable bonds is 7. The van der Waals surface area contributed by atoms with Gasteiger partial charge < -0.3 is 30.1 Å². The average Bonchev–Trinajstić information content (AvgIpc) is 2.78. The number of benzene rings is 2. The lowest BCUT2D eigenvalue weighted by Gasteiger charge is -2.42. The summed E-state index contributed by atoms with van der Waals surface area (Å²) in [4.78, 5) is 23.9. The van der Waals surface area contributed by atoms with Gasteiger partial charge in [-0.15, -0.1) is 0 Å². The molecule has 0 aliphatic carbocycles. The summed E-state index contributed by atoms with van der Waals surface area (Å²) in [6.07, 6.45) is -1.82. The number of allylic oxidation sites excluding steroid dienone is 1. The molecular weight excluding hydrogens is 402 g/mol. The van der Waals surface area contributed by atoms with Crippen molar-refractivity contribution in [1.29, 1.82) is 0 Å². The first-order valence-electron chi connectivity index (χ1n) is 9.83. The van der Waals surface area contributed by atoms with Crippen LogP contribution in [-0.4, -0.2) is 64.3 Å². The molecule has 4 N–H and O–H groups in total. The zero-order valence-corrected chi connectivity index (χ0v) is 16.9.